The van der Waals surface area contributed by atoms with Crippen molar-refractivity contribution >= 4 is 74.4 Å². The Morgan fingerprint density at radius 1 is 0.429 bits per heavy atom. The van der Waals surface area contributed by atoms with Gasteiger partial charge < -0.3 is 12.6 Å². The molecule has 1 nitrogen and oxygen atoms in total. The highest BCUT2D eigenvalue weighted by Gasteiger charge is 2.54. The highest BCUT2D eigenvalue weighted by atomic mass is 32.1. The summed E-state index contributed by atoms with van der Waals surface area (Å²) < 4.78 is 0. The highest BCUT2D eigenvalue weighted by molar-refractivity contribution is 8.24. The van der Waals surface area contributed by atoms with Crippen molar-refractivity contribution in [2.24, 2.45) is 4.99 Å². The summed E-state index contributed by atoms with van der Waals surface area (Å²) in [6, 6.07) is 74.7. The quantitative estimate of drug-likeness (QED) is 0.0642. The number of benzene rings is 7. The monoisotopic (exact) mass is 685 g/mol. The zero-order chi connectivity index (χ0) is 33.5. The zero-order valence-corrected chi connectivity index (χ0v) is 30.0. The van der Waals surface area contributed by atoms with E-state index in [0.717, 1.165) is 5.69 Å². The SMILES string of the molecule is Cc1ccc(N=C([S-])C(=P(c2ccccc2)(c2ccccc2)c2ccccc2)[P+](c2ccccc2)(c2ccccc2)c2ccccc2)cc1. The second-order valence-corrected chi connectivity index (χ2v) is 19.3. The third-order valence-corrected chi connectivity index (χ3v) is 19.5. The van der Waals surface area contributed by atoms with Gasteiger partial charge in [0.1, 0.15) is 28.2 Å². The van der Waals surface area contributed by atoms with Crippen LogP contribution in [0.25, 0.3) is 0 Å². The van der Waals surface area contributed by atoms with E-state index in [2.05, 4.69) is 213 Å². The fourth-order valence-electron chi connectivity index (χ4n) is 6.84. The summed E-state index contributed by atoms with van der Waals surface area (Å²) >= 11 is 6.84. The van der Waals surface area contributed by atoms with Crippen molar-refractivity contribution in [3.05, 3.63) is 212 Å². The minimum atomic E-state index is -2.75. The van der Waals surface area contributed by atoms with E-state index < -0.39 is 14.1 Å². The Hall–Kier alpha value is -4.84. The molecule has 7 rings (SSSR count). The fraction of sp³-hybridized carbons (Fsp3) is 0.0222. The first kappa shape index (κ1) is 32.7. The number of rotatable bonds is 9. The van der Waals surface area contributed by atoms with E-state index >= 15 is 0 Å². The van der Waals surface area contributed by atoms with Crippen molar-refractivity contribution in [1.82, 2.24) is 0 Å². The zero-order valence-electron chi connectivity index (χ0n) is 27.4. The van der Waals surface area contributed by atoms with Crippen molar-refractivity contribution in [3.63, 3.8) is 0 Å². The van der Waals surface area contributed by atoms with E-state index in [-0.39, 0.29) is 0 Å². The number of aryl methyl sites for hydroxylation is 1. The highest BCUT2D eigenvalue weighted by Crippen LogP contribution is 2.65. The van der Waals surface area contributed by atoms with Crippen LogP contribution in [-0.4, -0.2) is 10.1 Å². The van der Waals surface area contributed by atoms with Gasteiger partial charge in [0.15, 0.2) is 0 Å². The van der Waals surface area contributed by atoms with E-state index in [4.69, 9.17) is 17.6 Å². The Bertz CT molecular complexity index is 2000. The van der Waals surface area contributed by atoms with Gasteiger partial charge in [0.05, 0.1) is 5.69 Å². The Kier molecular flexibility index (Phi) is 9.83. The Morgan fingerprint density at radius 3 is 1.06 bits per heavy atom. The molecule has 0 radical (unpaired) electrons. The largest absolute Gasteiger partial charge is 0.756 e. The van der Waals surface area contributed by atoms with Gasteiger partial charge in [-0.1, -0.05) is 163 Å². The number of nitrogens with zero attached hydrogens (tertiary/aromatic N) is 1. The van der Waals surface area contributed by atoms with Crippen molar-refractivity contribution in [1.29, 1.82) is 0 Å². The summed E-state index contributed by atoms with van der Waals surface area (Å²) in [5, 5.41) is 9.33. The maximum absolute atomic E-state index is 6.84. The molecule has 0 saturated heterocycles. The average Bonchev–Trinajstić information content (AvgIpc) is 3.18. The predicted octanol–water partition coefficient (Wildman–Crippen LogP) is 8.69. The molecule has 0 aliphatic heterocycles. The maximum atomic E-state index is 6.84. The summed E-state index contributed by atoms with van der Waals surface area (Å²) in [5.41, 5.74) is 2.04. The van der Waals surface area contributed by atoms with E-state index in [1.165, 1.54) is 42.4 Å². The average molecular weight is 686 g/mol. The molecule has 7 aromatic rings. The lowest BCUT2D eigenvalue weighted by Crippen LogP contribution is -2.43. The molecule has 4 heteroatoms. The fourth-order valence-corrected chi connectivity index (χ4v) is 19.3. The molecule has 0 bridgehead atoms. The number of aliphatic imine (C=N–C) groups is 1. The molecule has 0 saturated carbocycles. The number of hydrogen-bond acceptors (Lipinski definition) is 2. The molecule has 0 atom stereocenters. The van der Waals surface area contributed by atoms with Crippen molar-refractivity contribution in [2.75, 3.05) is 0 Å². The lowest BCUT2D eigenvalue weighted by Gasteiger charge is -2.40. The van der Waals surface area contributed by atoms with Crippen LogP contribution in [0.15, 0.2) is 211 Å². The van der Waals surface area contributed by atoms with E-state index in [1.807, 2.05) is 0 Å². The second-order valence-electron chi connectivity index (χ2n) is 11.9. The van der Waals surface area contributed by atoms with E-state index in [1.54, 1.807) is 0 Å². The van der Waals surface area contributed by atoms with E-state index in [9.17, 15) is 0 Å². The van der Waals surface area contributed by atoms with Crippen LogP contribution >= 0.6 is 14.1 Å². The normalized spacial score (nSPS) is 12.0. The second kappa shape index (κ2) is 14.7. The van der Waals surface area contributed by atoms with Crippen molar-refractivity contribution < 1.29 is 0 Å². The molecular weight excluding hydrogens is 649 g/mol. The molecule has 7 aromatic carbocycles. The van der Waals surface area contributed by atoms with Crippen LogP contribution in [0, 0.1) is 6.92 Å². The molecule has 0 unspecified atom stereocenters. The maximum Gasteiger partial charge on any atom is 0.145 e. The van der Waals surface area contributed by atoms with E-state index in [0.29, 0.717) is 5.04 Å². The Labute approximate surface area is 296 Å². The first-order valence-corrected chi connectivity index (χ1v) is 20.5. The molecule has 0 aromatic heterocycles. The van der Waals surface area contributed by atoms with Gasteiger partial charge in [-0.25, -0.2) is 0 Å². The molecule has 0 aliphatic carbocycles. The number of hydrogen-bond donors (Lipinski definition) is 0. The van der Waals surface area contributed by atoms with Gasteiger partial charge in [-0.15, -0.1) is 0 Å². The van der Waals surface area contributed by atoms with Gasteiger partial charge in [0.25, 0.3) is 0 Å². The first-order valence-electron chi connectivity index (χ1n) is 16.5. The standard InChI is InChI=1S/C45H37NP2S/c1-36-32-34-37(35-33-36)46-44(49)45(47(38-20-8-2-9-21-38,39-22-10-3-11-23-39)40-24-12-4-13-25-40)48(41-26-14-5-15-27-41,42-28-16-6-17-29-42)43-30-18-7-19-31-43/h2-35H,1H3. The molecule has 238 valence electrons. The van der Waals surface area contributed by atoms with Crippen molar-refractivity contribution in [3.8, 4) is 0 Å². The summed E-state index contributed by atoms with van der Waals surface area (Å²) in [5.74, 6) is 0. The smallest absolute Gasteiger partial charge is 0.145 e. The molecule has 0 N–H and O–H groups in total. The summed E-state index contributed by atoms with van der Waals surface area (Å²) in [7, 11) is -2.75. The Balaban J connectivity index is 1.85. The topological polar surface area (TPSA) is 12.4 Å². The summed E-state index contributed by atoms with van der Waals surface area (Å²) in [4.78, 5) is 5.44. The molecular formula is C45H37NP2S. The van der Waals surface area contributed by atoms with Gasteiger partial charge in [0.2, 0.25) is 0 Å². The molecule has 0 fully saturated rings. The lowest BCUT2D eigenvalue weighted by molar-refractivity contribution is 1.44. The first-order chi connectivity index (χ1) is 24.1. The predicted molar refractivity (Wildman–Crippen MR) is 221 cm³/mol. The van der Waals surface area contributed by atoms with Crippen LogP contribution in [0.1, 0.15) is 5.56 Å². The molecule has 0 amide bonds. The van der Waals surface area contributed by atoms with Gasteiger partial charge in [0, 0.05) is 6.89 Å². The molecule has 0 heterocycles. The van der Waals surface area contributed by atoms with Crippen LogP contribution in [0.3, 0.4) is 0 Å². The third-order valence-electron chi connectivity index (χ3n) is 8.95. The molecule has 0 spiro atoms. The van der Waals surface area contributed by atoms with Crippen LogP contribution in [-0.2, 0) is 12.6 Å². The minimum Gasteiger partial charge on any atom is -0.756 e. The van der Waals surface area contributed by atoms with Gasteiger partial charge in [-0.2, -0.15) is 0 Å². The summed E-state index contributed by atoms with van der Waals surface area (Å²) in [6.07, 6.45) is 0. The third kappa shape index (κ3) is 6.14. The summed E-state index contributed by atoms with van der Waals surface area (Å²) in [6.45, 7) is -0.648. The van der Waals surface area contributed by atoms with Crippen LogP contribution < -0.4 is 31.8 Å². The Morgan fingerprint density at radius 2 is 0.735 bits per heavy atom. The van der Waals surface area contributed by atoms with Crippen molar-refractivity contribution in [2.45, 2.75) is 6.92 Å². The van der Waals surface area contributed by atoms with Gasteiger partial charge >= 0.3 is 0 Å². The van der Waals surface area contributed by atoms with Gasteiger partial charge in [-0.3, -0.25) is 4.99 Å². The molecule has 0 aliphatic rings. The lowest BCUT2D eigenvalue weighted by atomic mass is 10.2. The van der Waals surface area contributed by atoms with Crippen LogP contribution in [0.2, 0.25) is 0 Å². The molecule has 49 heavy (non-hydrogen) atoms. The minimum absolute atomic E-state index is 0.638. The van der Waals surface area contributed by atoms with Crippen LogP contribution in [0.4, 0.5) is 5.69 Å². The van der Waals surface area contributed by atoms with Crippen LogP contribution in [0.5, 0.6) is 0 Å². The van der Waals surface area contributed by atoms with Gasteiger partial charge in [-0.05, 0) is 76.4 Å².